The van der Waals surface area contributed by atoms with Crippen LogP contribution in [-0.2, 0) is 0 Å². The van der Waals surface area contributed by atoms with Crippen molar-refractivity contribution in [2.75, 3.05) is 25.6 Å². The second kappa shape index (κ2) is 5.65. The highest BCUT2D eigenvalue weighted by molar-refractivity contribution is 7.80. The van der Waals surface area contributed by atoms with Crippen LogP contribution in [0.4, 0.5) is 11.6 Å². The van der Waals surface area contributed by atoms with Crippen LogP contribution in [0.3, 0.4) is 0 Å². The van der Waals surface area contributed by atoms with Gasteiger partial charge in [-0.2, -0.15) is 0 Å². The van der Waals surface area contributed by atoms with E-state index in [0.29, 0.717) is 0 Å². The molecule has 0 aliphatic carbocycles. The molecule has 0 aromatic carbocycles. The van der Waals surface area contributed by atoms with Crippen LogP contribution in [0.5, 0.6) is 0 Å². The number of rotatable bonds is 1. The fourth-order valence-electron chi connectivity index (χ4n) is 1.02. The summed E-state index contributed by atoms with van der Waals surface area (Å²) in [6.07, 6.45) is 0. The zero-order chi connectivity index (χ0) is 13.9. The number of anilines is 2. The van der Waals surface area contributed by atoms with Gasteiger partial charge in [0.15, 0.2) is 27.6 Å². The highest BCUT2D eigenvalue weighted by Gasteiger charge is 2.20. The van der Waals surface area contributed by atoms with Crippen molar-refractivity contribution in [2.24, 2.45) is 0 Å². The molecule has 0 saturated carbocycles. The van der Waals surface area contributed by atoms with Gasteiger partial charge in [-0.05, 0) is 12.2 Å². The maximum atomic E-state index is 12.0. The van der Waals surface area contributed by atoms with Crippen LogP contribution in [0.25, 0.3) is 0 Å². The first-order valence-electron chi connectivity index (χ1n) is 4.71. The van der Waals surface area contributed by atoms with Crippen molar-refractivity contribution in [2.45, 2.75) is 0 Å². The van der Waals surface area contributed by atoms with Gasteiger partial charge in [-0.25, -0.2) is 9.97 Å². The molecule has 6 N–H and O–H groups in total. The summed E-state index contributed by atoms with van der Waals surface area (Å²) >= 11 is 10.5. The Morgan fingerprint density at radius 2 is 2.00 bits per heavy atom. The molecule has 8 nitrogen and oxygen atoms in total. The summed E-state index contributed by atoms with van der Waals surface area (Å²) in [5.41, 5.74) is 13.5. The van der Waals surface area contributed by atoms with Crippen LogP contribution in [0, 0.1) is 0 Å². The highest BCUT2D eigenvalue weighted by Crippen LogP contribution is 2.17. The van der Waals surface area contributed by atoms with Crippen LogP contribution in [0.2, 0.25) is 5.15 Å². The van der Waals surface area contributed by atoms with Crippen molar-refractivity contribution in [1.29, 1.82) is 0 Å². The number of amides is 1. The first-order valence-corrected chi connectivity index (χ1v) is 5.50. The summed E-state index contributed by atoms with van der Waals surface area (Å²) in [4.78, 5) is 19.5. The van der Waals surface area contributed by atoms with E-state index < -0.39 is 5.91 Å². The standard InChI is InChI=1S/C8H12ClN7OS/c1-12-8(18)15-16(2)7(17)3-5(10)14-6(11)4(9)13-3/h1-2H3,(H4,10,11,14)(H2,12,15,18). The van der Waals surface area contributed by atoms with E-state index in [1.807, 2.05) is 0 Å². The molecule has 0 radical (unpaired) electrons. The van der Waals surface area contributed by atoms with Gasteiger partial charge in [-0.1, -0.05) is 11.6 Å². The monoisotopic (exact) mass is 289 g/mol. The number of nitrogens with zero attached hydrogens (tertiary/aromatic N) is 3. The predicted octanol–water partition coefficient (Wildman–Crippen LogP) is -0.625. The lowest BCUT2D eigenvalue weighted by Gasteiger charge is -2.19. The SMILES string of the molecule is CNC(=S)NN(C)C(=O)c1nc(Cl)c(N)nc1N. The molecule has 18 heavy (non-hydrogen) atoms. The Morgan fingerprint density at radius 1 is 1.39 bits per heavy atom. The Bertz CT molecular complexity index is 495. The first kappa shape index (κ1) is 14.2. The number of carbonyl (C=O) groups excluding carboxylic acids is 1. The summed E-state index contributed by atoms with van der Waals surface area (Å²) < 4.78 is 0. The minimum atomic E-state index is -0.542. The maximum Gasteiger partial charge on any atom is 0.294 e. The molecule has 0 aliphatic heterocycles. The molecular weight excluding hydrogens is 278 g/mol. The van der Waals surface area contributed by atoms with Gasteiger partial charge in [0, 0.05) is 14.1 Å². The van der Waals surface area contributed by atoms with E-state index in [2.05, 4.69) is 20.7 Å². The minimum absolute atomic E-state index is 0.0351. The molecule has 98 valence electrons. The van der Waals surface area contributed by atoms with Gasteiger partial charge in [0.05, 0.1) is 0 Å². The first-order chi connectivity index (χ1) is 8.36. The van der Waals surface area contributed by atoms with Crippen LogP contribution in [0.1, 0.15) is 10.5 Å². The summed E-state index contributed by atoms with van der Waals surface area (Å²) in [6, 6.07) is 0. The number of hydrazine groups is 1. The van der Waals surface area contributed by atoms with Gasteiger partial charge < -0.3 is 16.8 Å². The molecule has 1 aromatic rings. The highest BCUT2D eigenvalue weighted by atomic mass is 35.5. The Morgan fingerprint density at radius 3 is 2.56 bits per heavy atom. The molecular formula is C8H12ClN7OS. The van der Waals surface area contributed by atoms with Crippen molar-refractivity contribution >= 4 is 46.5 Å². The lowest BCUT2D eigenvalue weighted by molar-refractivity contribution is 0.0753. The number of carbonyl (C=O) groups is 1. The second-order valence-electron chi connectivity index (χ2n) is 3.19. The topological polar surface area (TPSA) is 122 Å². The normalized spacial score (nSPS) is 9.72. The summed E-state index contributed by atoms with van der Waals surface area (Å²) in [7, 11) is 3.07. The van der Waals surface area contributed by atoms with E-state index in [4.69, 9.17) is 35.3 Å². The molecule has 0 spiro atoms. The van der Waals surface area contributed by atoms with Crippen molar-refractivity contribution in [3.63, 3.8) is 0 Å². The molecule has 0 bridgehead atoms. The molecule has 0 fully saturated rings. The molecule has 0 atom stereocenters. The van der Waals surface area contributed by atoms with Gasteiger partial charge in [0.25, 0.3) is 5.91 Å². The number of halogens is 1. The Labute approximate surface area is 114 Å². The van der Waals surface area contributed by atoms with E-state index in [9.17, 15) is 4.79 Å². The smallest absolute Gasteiger partial charge is 0.294 e. The maximum absolute atomic E-state index is 12.0. The third-order valence-corrected chi connectivity index (χ3v) is 2.48. The lowest BCUT2D eigenvalue weighted by Crippen LogP contribution is -2.47. The summed E-state index contributed by atoms with van der Waals surface area (Å²) in [6.45, 7) is 0. The van der Waals surface area contributed by atoms with E-state index in [1.54, 1.807) is 7.05 Å². The number of nitrogen functional groups attached to an aromatic ring is 2. The predicted molar refractivity (Wildman–Crippen MR) is 72.8 cm³/mol. The molecule has 1 aromatic heterocycles. The third-order valence-electron chi connectivity index (χ3n) is 1.91. The van der Waals surface area contributed by atoms with Gasteiger partial charge in [0.2, 0.25) is 0 Å². The lowest BCUT2D eigenvalue weighted by atomic mass is 10.4. The second-order valence-corrected chi connectivity index (χ2v) is 3.95. The van der Waals surface area contributed by atoms with E-state index in [-0.39, 0.29) is 27.6 Å². The fraction of sp³-hybridized carbons (Fsp3) is 0.250. The van der Waals surface area contributed by atoms with Gasteiger partial charge in [-0.3, -0.25) is 15.2 Å². The summed E-state index contributed by atoms with van der Waals surface area (Å²) in [5.74, 6) is -0.683. The van der Waals surface area contributed by atoms with Crippen molar-refractivity contribution in [3.05, 3.63) is 10.8 Å². The van der Waals surface area contributed by atoms with Gasteiger partial charge >= 0.3 is 0 Å². The largest absolute Gasteiger partial charge is 0.382 e. The van der Waals surface area contributed by atoms with E-state index in [0.717, 1.165) is 5.01 Å². The van der Waals surface area contributed by atoms with Crippen molar-refractivity contribution in [1.82, 2.24) is 25.7 Å². The Hall–Kier alpha value is -1.87. The zero-order valence-electron chi connectivity index (χ0n) is 9.69. The minimum Gasteiger partial charge on any atom is -0.382 e. The number of nitrogens with one attached hydrogen (secondary N) is 2. The van der Waals surface area contributed by atoms with Gasteiger partial charge in [-0.15, -0.1) is 0 Å². The van der Waals surface area contributed by atoms with Crippen LogP contribution in [0.15, 0.2) is 0 Å². The van der Waals surface area contributed by atoms with Crippen LogP contribution >= 0.6 is 23.8 Å². The number of hydrogen-bond donors (Lipinski definition) is 4. The van der Waals surface area contributed by atoms with Crippen LogP contribution in [-0.4, -0.2) is 40.1 Å². The average Bonchev–Trinajstić information content (AvgIpc) is 2.32. The molecule has 1 rings (SSSR count). The van der Waals surface area contributed by atoms with Gasteiger partial charge in [0.1, 0.15) is 0 Å². The van der Waals surface area contributed by atoms with Crippen LogP contribution < -0.4 is 22.2 Å². The number of hydrogen-bond acceptors (Lipinski definition) is 6. The average molecular weight is 290 g/mol. The Balaban J connectivity index is 2.97. The third kappa shape index (κ3) is 3.08. The fourth-order valence-corrected chi connectivity index (χ4v) is 1.28. The summed E-state index contributed by atoms with van der Waals surface area (Å²) in [5, 5.41) is 3.93. The molecule has 10 heteroatoms. The number of aromatic nitrogens is 2. The van der Waals surface area contributed by atoms with E-state index in [1.165, 1.54) is 7.05 Å². The number of thiocarbonyl (C=S) groups is 1. The molecule has 1 heterocycles. The molecule has 0 saturated heterocycles. The number of nitrogens with two attached hydrogens (primary N) is 2. The molecule has 0 unspecified atom stereocenters. The quantitative estimate of drug-likeness (QED) is 0.398. The molecule has 0 aliphatic rings. The van der Waals surface area contributed by atoms with E-state index >= 15 is 0 Å². The van der Waals surface area contributed by atoms with Crippen molar-refractivity contribution in [3.8, 4) is 0 Å². The Kier molecular flexibility index (Phi) is 4.45. The zero-order valence-corrected chi connectivity index (χ0v) is 11.3. The van der Waals surface area contributed by atoms with Crippen molar-refractivity contribution < 1.29 is 4.79 Å². The molecule has 1 amide bonds.